The number of hydrogen-bond donors (Lipinski definition) is 2. The van der Waals surface area contributed by atoms with Gasteiger partial charge in [-0.25, -0.2) is 0 Å². The van der Waals surface area contributed by atoms with Crippen molar-refractivity contribution in [3.63, 3.8) is 0 Å². The molecule has 4 heteroatoms. The number of benzene rings is 2. The molecule has 0 saturated heterocycles. The summed E-state index contributed by atoms with van der Waals surface area (Å²) in [4.78, 5) is 1.23. The second-order valence-electron chi connectivity index (χ2n) is 4.21. The molecule has 2 aromatic rings. The Balaban J connectivity index is 0.00000112. The molecule has 0 aliphatic carbocycles. The highest BCUT2D eigenvalue weighted by Crippen LogP contribution is 2.25. The van der Waals surface area contributed by atoms with Crippen LogP contribution in [0.3, 0.4) is 0 Å². The van der Waals surface area contributed by atoms with E-state index in [2.05, 4.69) is 45.7 Å². The van der Waals surface area contributed by atoms with E-state index >= 15 is 0 Å². The predicted molar refractivity (Wildman–Crippen MR) is 108 cm³/mol. The van der Waals surface area contributed by atoms with E-state index in [-0.39, 0.29) is 6.61 Å². The van der Waals surface area contributed by atoms with Crippen molar-refractivity contribution in [1.82, 2.24) is 0 Å². The van der Waals surface area contributed by atoms with Crippen LogP contribution in [0, 0.1) is 0 Å². The van der Waals surface area contributed by atoms with Crippen molar-refractivity contribution in [2.75, 3.05) is 11.6 Å². The van der Waals surface area contributed by atoms with E-state index < -0.39 is 0 Å². The third-order valence-corrected chi connectivity index (χ3v) is 3.97. The normalized spacial score (nSPS) is 9.17. The van der Waals surface area contributed by atoms with E-state index in [1.54, 1.807) is 11.8 Å². The van der Waals surface area contributed by atoms with Gasteiger partial charge in [0.1, 0.15) is 0 Å². The van der Waals surface area contributed by atoms with E-state index in [1.807, 2.05) is 52.0 Å². The first-order valence-corrected chi connectivity index (χ1v) is 10.00. The van der Waals surface area contributed by atoms with Gasteiger partial charge in [0.15, 0.2) is 0 Å². The molecule has 0 saturated carbocycles. The van der Waals surface area contributed by atoms with Gasteiger partial charge < -0.3 is 10.4 Å². The van der Waals surface area contributed by atoms with Gasteiger partial charge in [0, 0.05) is 21.6 Å². The quantitative estimate of drug-likeness (QED) is 0.578. The maximum absolute atomic E-state index is 9.00. The van der Waals surface area contributed by atoms with Crippen molar-refractivity contribution in [3.05, 3.63) is 58.1 Å². The highest BCUT2D eigenvalue weighted by atomic mass is 79.9. The number of halogens is 1. The van der Waals surface area contributed by atoms with Gasteiger partial charge >= 0.3 is 0 Å². The van der Waals surface area contributed by atoms with E-state index in [4.69, 9.17) is 5.11 Å². The average molecular weight is 398 g/mol. The van der Waals surface area contributed by atoms with Crippen LogP contribution < -0.4 is 5.32 Å². The fraction of sp³-hybridized carbons (Fsp3) is 0.368. The summed E-state index contributed by atoms with van der Waals surface area (Å²) in [5, 5.41) is 12.4. The zero-order valence-electron chi connectivity index (χ0n) is 14.7. The summed E-state index contributed by atoms with van der Waals surface area (Å²) in [6.45, 7) is 8.87. The molecule has 0 aliphatic heterocycles. The minimum absolute atomic E-state index is 0.0937. The third kappa shape index (κ3) is 8.45. The zero-order valence-corrected chi connectivity index (χ0v) is 17.1. The molecular formula is C19H28BrNOS. The summed E-state index contributed by atoms with van der Waals surface area (Å²) < 4.78 is 1.08. The molecule has 0 radical (unpaired) electrons. The lowest BCUT2D eigenvalue weighted by molar-refractivity contribution is 0.282. The summed E-state index contributed by atoms with van der Waals surface area (Å²) in [6.07, 6.45) is 2.07. The van der Waals surface area contributed by atoms with Crippen LogP contribution in [-0.2, 0) is 13.2 Å². The first kappa shape index (κ1) is 22.0. The topological polar surface area (TPSA) is 32.3 Å². The number of nitrogens with one attached hydrogen (secondary N) is 1. The molecule has 2 aromatic carbocycles. The summed E-state index contributed by atoms with van der Waals surface area (Å²) in [5.41, 5.74) is 3.24. The monoisotopic (exact) mass is 397 g/mol. The van der Waals surface area contributed by atoms with Crippen molar-refractivity contribution in [2.45, 2.75) is 45.7 Å². The lowest BCUT2D eigenvalue weighted by Gasteiger charge is -2.09. The van der Waals surface area contributed by atoms with Crippen LogP contribution in [0.5, 0.6) is 0 Å². The van der Waals surface area contributed by atoms with Gasteiger partial charge in [0.2, 0.25) is 0 Å². The molecule has 0 fully saturated rings. The van der Waals surface area contributed by atoms with Crippen LogP contribution in [0.4, 0.5) is 5.69 Å². The highest BCUT2D eigenvalue weighted by molar-refractivity contribution is 9.10. The fourth-order valence-corrected chi connectivity index (χ4v) is 2.88. The van der Waals surface area contributed by atoms with Crippen molar-refractivity contribution < 1.29 is 5.11 Å². The first-order chi connectivity index (χ1) is 11.2. The molecule has 2 rings (SSSR count). The Morgan fingerprint density at radius 3 is 2.04 bits per heavy atom. The molecule has 0 unspecified atom stereocenters. The van der Waals surface area contributed by atoms with Crippen molar-refractivity contribution in [2.24, 2.45) is 0 Å². The molecule has 23 heavy (non-hydrogen) atoms. The Kier molecular flexibility index (Phi) is 12.9. The van der Waals surface area contributed by atoms with Crippen LogP contribution in [0.1, 0.15) is 38.8 Å². The van der Waals surface area contributed by atoms with Gasteiger partial charge in [-0.1, -0.05) is 67.9 Å². The molecule has 128 valence electrons. The Bertz CT molecular complexity index is 544. The van der Waals surface area contributed by atoms with Crippen molar-refractivity contribution in [1.29, 1.82) is 0 Å². The molecule has 0 aliphatic rings. The first-order valence-electron chi connectivity index (χ1n) is 7.98. The van der Waals surface area contributed by atoms with Gasteiger partial charge in [-0.3, -0.25) is 0 Å². The molecule has 0 atom stereocenters. The molecule has 2 nitrogen and oxygen atoms in total. The maximum atomic E-state index is 9.00. The van der Waals surface area contributed by atoms with Gasteiger partial charge in [-0.15, -0.1) is 11.8 Å². The summed E-state index contributed by atoms with van der Waals surface area (Å²) in [5.74, 6) is 0. The second kappa shape index (κ2) is 13.5. The summed E-state index contributed by atoms with van der Waals surface area (Å²) in [6, 6.07) is 14.3. The van der Waals surface area contributed by atoms with Crippen LogP contribution in [-0.4, -0.2) is 11.4 Å². The predicted octanol–water partition coefficient (Wildman–Crippen LogP) is 6.33. The zero-order chi connectivity index (χ0) is 17.7. The Labute approximate surface area is 153 Å². The molecule has 0 spiro atoms. The van der Waals surface area contributed by atoms with E-state index in [1.165, 1.54) is 10.5 Å². The van der Waals surface area contributed by atoms with Crippen LogP contribution in [0.2, 0.25) is 0 Å². The van der Waals surface area contributed by atoms with Gasteiger partial charge in [-0.05, 0) is 35.6 Å². The maximum Gasteiger partial charge on any atom is 0.0681 e. The Morgan fingerprint density at radius 1 is 0.957 bits per heavy atom. The van der Waals surface area contributed by atoms with Crippen molar-refractivity contribution in [3.8, 4) is 0 Å². The standard InChI is InChI=1S/C15H16BrNOS.2C2H6/c1-19-15-7-13(16)6-14(8-15)17-9-11-2-4-12(10-18)5-3-11;2*1-2/h2-8,17-18H,9-10H2,1H3;2*1-2H3. The van der Waals surface area contributed by atoms with Crippen LogP contribution in [0.25, 0.3) is 0 Å². The van der Waals surface area contributed by atoms with Gasteiger partial charge in [-0.2, -0.15) is 0 Å². The fourth-order valence-electron chi connectivity index (χ4n) is 1.75. The van der Waals surface area contributed by atoms with Crippen LogP contribution in [0.15, 0.2) is 51.8 Å². The lowest BCUT2D eigenvalue weighted by Crippen LogP contribution is -1.99. The molecular weight excluding hydrogens is 370 g/mol. The van der Waals surface area contributed by atoms with Gasteiger partial charge in [0.05, 0.1) is 6.61 Å². The number of aliphatic hydroxyl groups is 1. The molecule has 0 bridgehead atoms. The number of aliphatic hydroxyl groups excluding tert-OH is 1. The highest BCUT2D eigenvalue weighted by Gasteiger charge is 1.99. The van der Waals surface area contributed by atoms with Crippen molar-refractivity contribution >= 4 is 33.4 Å². The summed E-state index contributed by atoms with van der Waals surface area (Å²) >= 11 is 5.24. The lowest BCUT2D eigenvalue weighted by atomic mass is 10.1. The van der Waals surface area contributed by atoms with E-state index in [0.29, 0.717) is 0 Å². The van der Waals surface area contributed by atoms with Gasteiger partial charge in [0.25, 0.3) is 0 Å². The number of rotatable bonds is 5. The molecule has 0 aromatic heterocycles. The number of thioether (sulfide) groups is 1. The minimum Gasteiger partial charge on any atom is -0.392 e. The second-order valence-corrected chi connectivity index (χ2v) is 6.00. The van der Waals surface area contributed by atoms with E-state index in [0.717, 1.165) is 22.3 Å². The van der Waals surface area contributed by atoms with Crippen LogP contribution >= 0.6 is 27.7 Å². The smallest absolute Gasteiger partial charge is 0.0681 e. The number of hydrogen-bond acceptors (Lipinski definition) is 3. The Morgan fingerprint density at radius 2 is 1.52 bits per heavy atom. The summed E-state index contributed by atoms with van der Waals surface area (Å²) in [7, 11) is 0. The molecule has 0 amide bonds. The largest absolute Gasteiger partial charge is 0.392 e. The average Bonchev–Trinajstić information content (AvgIpc) is 2.63. The van der Waals surface area contributed by atoms with E-state index in [9.17, 15) is 0 Å². The SMILES string of the molecule is CC.CC.CSc1cc(Br)cc(NCc2ccc(CO)cc2)c1. The Hall–Kier alpha value is -0.970. The minimum atomic E-state index is 0.0937. The third-order valence-electron chi connectivity index (χ3n) is 2.81. The molecule has 2 N–H and O–H groups in total. The molecule has 0 heterocycles. The number of anilines is 1.